The highest BCUT2D eigenvalue weighted by molar-refractivity contribution is 7.34. The second-order valence-corrected chi connectivity index (χ2v) is 6.04. The van der Waals surface area contributed by atoms with E-state index in [1.54, 1.807) is 36.4 Å². The Hall–Kier alpha value is -3.05. The van der Waals surface area contributed by atoms with Crippen molar-refractivity contribution >= 4 is 31.8 Å². The van der Waals surface area contributed by atoms with Crippen LogP contribution in [0.2, 0.25) is 0 Å². The van der Waals surface area contributed by atoms with Gasteiger partial charge in [-0.25, -0.2) is 4.57 Å². The van der Waals surface area contributed by atoms with E-state index in [1.165, 1.54) is 24.3 Å². The number of hydrogen-bond donors (Lipinski definition) is 0. The normalized spacial score (nSPS) is 10.2. The maximum atomic E-state index is 11.8. The van der Waals surface area contributed by atoms with Crippen molar-refractivity contribution in [2.75, 3.05) is 0 Å². The molecule has 2 aromatic rings. The van der Waals surface area contributed by atoms with Crippen LogP contribution in [0, 0.1) is 0 Å². The van der Waals surface area contributed by atoms with Gasteiger partial charge in [0.05, 0.1) is 0 Å². The molecule has 0 aliphatic carbocycles. The van der Waals surface area contributed by atoms with E-state index in [0.29, 0.717) is 11.1 Å². The third-order valence-electron chi connectivity index (χ3n) is 3.20. The zero-order valence-electron chi connectivity index (χ0n) is 13.5. The van der Waals surface area contributed by atoms with Gasteiger partial charge in [0.15, 0.2) is 11.6 Å². The molecule has 0 aliphatic heterocycles. The standard InChI is InChI=1S/C18H15O7P/c19-15(13-7-3-1-4-8-13)11-17(21)24-26(23)25-18(22)12-16(20)14-9-5-2-6-10-14/h1-10,26H,11-12H2. The van der Waals surface area contributed by atoms with E-state index in [0.717, 1.165) is 0 Å². The van der Waals surface area contributed by atoms with Crippen molar-refractivity contribution in [1.29, 1.82) is 0 Å². The summed E-state index contributed by atoms with van der Waals surface area (Å²) in [5.74, 6) is -3.19. The van der Waals surface area contributed by atoms with Crippen molar-refractivity contribution in [2.24, 2.45) is 0 Å². The molecule has 0 fully saturated rings. The lowest BCUT2D eigenvalue weighted by Gasteiger charge is -2.06. The predicted octanol–water partition coefficient (Wildman–Crippen LogP) is 3.01. The zero-order chi connectivity index (χ0) is 18.9. The molecule has 0 aliphatic rings. The maximum absolute atomic E-state index is 11.8. The van der Waals surface area contributed by atoms with Gasteiger partial charge in [0.25, 0.3) is 0 Å². The molecule has 0 N–H and O–H groups in total. The maximum Gasteiger partial charge on any atom is 0.423 e. The van der Waals surface area contributed by atoms with Gasteiger partial charge in [-0.3, -0.25) is 19.2 Å². The van der Waals surface area contributed by atoms with E-state index < -0.39 is 44.6 Å². The van der Waals surface area contributed by atoms with E-state index in [9.17, 15) is 23.7 Å². The van der Waals surface area contributed by atoms with Crippen LogP contribution in [0.25, 0.3) is 0 Å². The lowest BCUT2D eigenvalue weighted by atomic mass is 10.1. The van der Waals surface area contributed by atoms with Crippen molar-refractivity contribution in [1.82, 2.24) is 0 Å². The molecule has 0 atom stereocenters. The molecule has 26 heavy (non-hydrogen) atoms. The first-order valence-electron chi connectivity index (χ1n) is 7.57. The van der Waals surface area contributed by atoms with Gasteiger partial charge < -0.3 is 9.05 Å². The molecule has 8 heteroatoms. The molecular formula is C18H15O7P. The van der Waals surface area contributed by atoms with Crippen LogP contribution in [0.4, 0.5) is 0 Å². The quantitative estimate of drug-likeness (QED) is 0.397. The summed E-state index contributed by atoms with van der Waals surface area (Å²) in [5, 5.41) is 0. The second kappa shape index (κ2) is 9.44. The fraction of sp³-hybridized carbons (Fsp3) is 0.111. The highest BCUT2D eigenvalue weighted by Gasteiger charge is 2.19. The van der Waals surface area contributed by atoms with Crippen LogP contribution in [0.3, 0.4) is 0 Å². The predicted molar refractivity (Wildman–Crippen MR) is 92.0 cm³/mol. The molecule has 2 aromatic carbocycles. The van der Waals surface area contributed by atoms with Gasteiger partial charge >= 0.3 is 20.2 Å². The van der Waals surface area contributed by atoms with Gasteiger partial charge in [0, 0.05) is 11.1 Å². The SMILES string of the molecule is O=C(CC(=O)c1ccccc1)O[PH](=O)OC(=O)CC(=O)c1ccccc1. The minimum atomic E-state index is -3.49. The van der Waals surface area contributed by atoms with Crippen LogP contribution in [0.1, 0.15) is 33.6 Å². The summed E-state index contributed by atoms with van der Waals surface area (Å²) >= 11 is 0. The molecule has 0 saturated heterocycles. The second-order valence-electron chi connectivity index (χ2n) is 5.13. The molecule has 0 saturated carbocycles. The van der Waals surface area contributed by atoms with E-state index in [1.807, 2.05) is 0 Å². The van der Waals surface area contributed by atoms with Crippen LogP contribution in [0.5, 0.6) is 0 Å². The van der Waals surface area contributed by atoms with Crippen LogP contribution < -0.4 is 0 Å². The number of benzene rings is 2. The number of Topliss-reactive ketones (excluding diaryl/α,β-unsaturated/α-hetero) is 2. The zero-order valence-corrected chi connectivity index (χ0v) is 14.5. The largest absolute Gasteiger partial charge is 0.423 e. The summed E-state index contributed by atoms with van der Waals surface area (Å²) in [5.41, 5.74) is 0.601. The summed E-state index contributed by atoms with van der Waals surface area (Å²) in [6.45, 7) is 0. The van der Waals surface area contributed by atoms with Gasteiger partial charge in [-0.05, 0) is 0 Å². The average Bonchev–Trinajstić information content (AvgIpc) is 2.62. The molecule has 0 spiro atoms. The van der Waals surface area contributed by atoms with Gasteiger partial charge in [0.2, 0.25) is 0 Å². The van der Waals surface area contributed by atoms with Crippen molar-refractivity contribution in [3.05, 3.63) is 71.8 Å². The molecule has 0 bridgehead atoms. The fourth-order valence-electron chi connectivity index (χ4n) is 1.99. The summed E-state index contributed by atoms with van der Waals surface area (Å²) in [4.78, 5) is 46.8. The highest BCUT2D eigenvalue weighted by atomic mass is 31.1. The first kappa shape index (κ1) is 19.3. The lowest BCUT2D eigenvalue weighted by molar-refractivity contribution is -0.136. The van der Waals surface area contributed by atoms with Crippen LogP contribution in [0.15, 0.2) is 60.7 Å². The molecule has 2 rings (SSSR count). The monoisotopic (exact) mass is 374 g/mol. The van der Waals surface area contributed by atoms with Crippen molar-refractivity contribution in [3.8, 4) is 0 Å². The van der Waals surface area contributed by atoms with Crippen molar-refractivity contribution in [3.63, 3.8) is 0 Å². The van der Waals surface area contributed by atoms with Gasteiger partial charge in [0.1, 0.15) is 12.8 Å². The minimum Gasteiger partial charge on any atom is -0.385 e. The molecule has 0 radical (unpaired) electrons. The Morgan fingerprint density at radius 2 is 1.00 bits per heavy atom. The van der Waals surface area contributed by atoms with Gasteiger partial charge in [-0.15, -0.1) is 0 Å². The lowest BCUT2D eigenvalue weighted by Crippen LogP contribution is -2.11. The number of rotatable bonds is 8. The minimum absolute atomic E-state index is 0.301. The summed E-state index contributed by atoms with van der Waals surface area (Å²) < 4.78 is 20.4. The molecule has 134 valence electrons. The Morgan fingerprint density at radius 1 is 0.654 bits per heavy atom. The smallest absolute Gasteiger partial charge is 0.385 e. The summed E-state index contributed by atoms with van der Waals surface area (Å²) in [6.07, 6.45) is -1.28. The van der Waals surface area contributed by atoms with Crippen molar-refractivity contribution in [2.45, 2.75) is 12.8 Å². The first-order valence-corrected chi connectivity index (χ1v) is 8.80. The van der Waals surface area contributed by atoms with Crippen LogP contribution in [-0.2, 0) is 23.2 Å². The van der Waals surface area contributed by atoms with Gasteiger partial charge in [-0.2, -0.15) is 0 Å². The molecule has 7 nitrogen and oxygen atoms in total. The topological polar surface area (TPSA) is 104 Å². The number of hydrogen-bond acceptors (Lipinski definition) is 7. The molecule has 0 aromatic heterocycles. The van der Waals surface area contributed by atoms with E-state index in [4.69, 9.17) is 0 Å². The Balaban J connectivity index is 1.78. The fourth-order valence-corrected chi connectivity index (χ4v) is 2.55. The van der Waals surface area contributed by atoms with Gasteiger partial charge in [-0.1, -0.05) is 60.7 Å². The third kappa shape index (κ3) is 6.11. The Labute approximate surface area is 149 Å². The number of carbonyl (C=O) groups is 4. The van der Waals surface area contributed by atoms with Crippen molar-refractivity contribution < 1.29 is 32.8 Å². The first-order chi connectivity index (χ1) is 12.5. The molecule has 0 unspecified atom stereocenters. The molecular weight excluding hydrogens is 359 g/mol. The molecule has 0 heterocycles. The summed E-state index contributed by atoms with van der Waals surface area (Å²) in [7, 11) is -3.49. The van der Waals surface area contributed by atoms with E-state index in [2.05, 4.69) is 9.05 Å². The van der Waals surface area contributed by atoms with Crippen LogP contribution in [-0.4, -0.2) is 23.5 Å². The Morgan fingerprint density at radius 3 is 1.35 bits per heavy atom. The Bertz CT molecular complexity index is 762. The summed E-state index contributed by atoms with van der Waals surface area (Å²) in [6, 6.07) is 16.0. The Kier molecular flexibility index (Phi) is 7.00. The third-order valence-corrected chi connectivity index (χ3v) is 3.98. The number of carbonyl (C=O) groups excluding carboxylic acids is 4. The van der Waals surface area contributed by atoms with Crippen LogP contribution >= 0.6 is 8.25 Å². The molecule has 0 amide bonds. The number of ketones is 2. The average molecular weight is 374 g/mol. The highest BCUT2D eigenvalue weighted by Crippen LogP contribution is 2.26. The van der Waals surface area contributed by atoms with E-state index >= 15 is 0 Å². The van der Waals surface area contributed by atoms with E-state index in [-0.39, 0.29) is 0 Å².